The highest BCUT2D eigenvalue weighted by atomic mass is 16.5. The van der Waals surface area contributed by atoms with Gasteiger partial charge in [0.15, 0.2) is 0 Å². The number of hydrogen-bond acceptors (Lipinski definition) is 8. The predicted octanol–water partition coefficient (Wildman–Crippen LogP) is 7.36. The zero-order chi connectivity index (χ0) is 44.5. The molecule has 3 fully saturated rings. The maximum Gasteiger partial charge on any atom is 0.407 e. The molecule has 4 atom stereocenters. The molecule has 63 heavy (non-hydrogen) atoms. The molecular weight excluding hydrogens is 795 g/mol. The standard InChI is InChI=1S/C50H61N7O6/c1-50(2,3)44(53-49(62)63-4)48(61)57-32-14-20-42(57)46(59)52-39-27-23-36(24-28-39)34-55(40-17-9-6-10-18-40)33-35-21-25-38(26-22-35)51-45(58)41-19-13-31-56(41)47(60)43(54-29-11-12-30-54)37-15-7-5-8-16-37/h5-10,15-18,21-28,41-44H,11-14,19-20,29-34H2,1-4H3,(H,51,58)(H,52,59)(H,53,62). The summed E-state index contributed by atoms with van der Waals surface area (Å²) in [5.41, 5.74) is 4.82. The summed E-state index contributed by atoms with van der Waals surface area (Å²) in [5, 5.41) is 8.77. The number of para-hydroxylation sites is 1. The Labute approximate surface area is 371 Å². The van der Waals surface area contributed by atoms with Gasteiger partial charge in [-0.25, -0.2) is 4.79 Å². The van der Waals surface area contributed by atoms with E-state index in [-0.39, 0.29) is 29.7 Å². The molecule has 13 heteroatoms. The first kappa shape index (κ1) is 44.8. The predicted molar refractivity (Wildman–Crippen MR) is 245 cm³/mol. The van der Waals surface area contributed by atoms with Gasteiger partial charge in [0.1, 0.15) is 24.2 Å². The smallest absolute Gasteiger partial charge is 0.407 e. The van der Waals surface area contributed by atoms with Crippen LogP contribution in [0.2, 0.25) is 0 Å². The molecule has 13 nitrogen and oxygen atoms in total. The first-order valence-corrected chi connectivity index (χ1v) is 22.2. The molecule has 7 rings (SSSR count). The molecule has 3 aliphatic heterocycles. The number of hydrogen-bond donors (Lipinski definition) is 3. The fourth-order valence-electron chi connectivity index (χ4n) is 9.06. The van der Waals surface area contributed by atoms with E-state index in [0.717, 1.165) is 54.7 Å². The molecule has 332 valence electrons. The first-order chi connectivity index (χ1) is 30.4. The third kappa shape index (κ3) is 11.1. The van der Waals surface area contributed by atoms with E-state index in [1.165, 1.54) is 7.11 Å². The molecule has 4 aromatic rings. The summed E-state index contributed by atoms with van der Waals surface area (Å²) in [6.45, 7) is 9.53. The Hall–Kier alpha value is -6.21. The summed E-state index contributed by atoms with van der Waals surface area (Å²) in [5.74, 6) is -0.741. The van der Waals surface area contributed by atoms with E-state index < -0.39 is 29.6 Å². The van der Waals surface area contributed by atoms with Gasteiger partial charge >= 0.3 is 6.09 Å². The zero-order valence-corrected chi connectivity index (χ0v) is 36.9. The molecule has 0 bridgehead atoms. The number of rotatable bonds is 14. The largest absolute Gasteiger partial charge is 0.453 e. The van der Waals surface area contributed by atoms with Crippen molar-refractivity contribution in [2.24, 2.45) is 5.41 Å². The monoisotopic (exact) mass is 855 g/mol. The van der Waals surface area contributed by atoms with Gasteiger partial charge in [0.2, 0.25) is 23.6 Å². The van der Waals surface area contributed by atoms with Crippen LogP contribution in [-0.2, 0) is 37.0 Å². The summed E-state index contributed by atoms with van der Waals surface area (Å²) >= 11 is 0. The van der Waals surface area contributed by atoms with E-state index >= 15 is 0 Å². The van der Waals surface area contributed by atoms with Crippen molar-refractivity contribution < 1.29 is 28.7 Å². The van der Waals surface area contributed by atoms with Gasteiger partial charge in [-0.15, -0.1) is 0 Å². The molecule has 0 aromatic heterocycles. The minimum absolute atomic E-state index is 0.00224. The number of benzene rings is 4. The Morgan fingerprint density at radius 2 is 1.11 bits per heavy atom. The summed E-state index contributed by atoms with van der Waals surface area (Å²) in [7, 11) is 1.26. The number of amides is 5. The van der Waals surface area contributed by atoms with Crippen LogP contribution in [0.1, 0.15) is 82.0 Å². The fourth-order valence-corrected chi connectivity index (χ4v) is 9.06. The van der Waals surface area contributed by atoms with Crippen molar-refractivity contribution in [1.29, 1.82) is 0 Å². The molecule has 4 unspecified atom stereocenters. The van der Waals surface area contributed by atoms with E-state index in [1.807, 2.05) is 118 Å². The van der Waals surface area contributed by atoms with Crippen molar-refractivity contribution in [1.82, 2.24) is 20.0 Å². The van der Waals surface area contributed by atoms with Crippen LogP contribution in [0.25, 0.3) is 0 Å². The second-order valence-electron chi connectivity index (χ2n) is 17.9. The Morgan fingerprint density at radius 3 is 1.59 bits per heavy atom. The molecular formula is C50H61N7O6. The quantitative estimate of drug-likeness (QED) is 0.120. The van der Waals surface area contributed by atoms with E-state index in [9.17, 15) is 24.0 Å². The van der Waals surface area contributed by atoms with Crippen molar-refractivity contribution >= 4 is 46.8 Å². The lowest BCUT2D eigenvalue weighted by Gasteiger charge is -2.35. The SMILES string of the molecule is COC(=O)NC(C(=O)N1CCCC1C(=O)Nc1ccc(CN(Cc2ccc(NC(=O)C3CCCN3C(=O)C(c3ccccc3)N3CCCC3)cc2)c2ccccc2)cc1)C(C)(C)C. The van der Waals surface area contributed by atoms with Crippen molar-refractivity contribution in [2.75, 3.05) is 48.8 Å². The van der Waals surface area contributed by atoms with Crippen LogP contribution in [0.3, 0.4) is 0 Å². The third-order valence-electron chi connectivity index (χ3n) is 12.4. The minimum Gasteiger partial charge on any atom is -0.453 e. The Bertz CT molecular complexity index is 2190. The average Bonchev–Trinajstić information content (AvgIpc) is 4.11. The second kappa shape index (κ2) is 20.3. The normalized spacial score (nSPS) is 18.7. The highest BCUT2D eigenvalue weighted by molar-refractivity contribution is 5.99. The molecule has 0 radical (unpaired) electrons. The number of methoxy groups -OCH3 is 1. The van der Waals surface area contributed by atoms with Crippen molar-refractivity contribution in [2.45, 2.75) is 96.6 Å². The molecule has 3 N–H and O–H groups in total. The van der Waals surface area contributed by atoms with Gasteiger partial charge in [-0.2, -0.15) is 0 Å². The van der Waals surface area contributed by atoms with Gasteiger partial charge in [-0.3, -0.25) is 24.1 Å². The van der Waals surface area contributed by atoms with Crippen molar-refractivity contribution in [3.8, 4) is 0 Å². The highest BCUT2D eigenvalue weighted by Crippen LogP contribution is 2.32. The third-order valence-corrected chi connectivity index (χ3v) is 12.4. The van der Waals surface area contributed by atoms with Crippen LogP contribution >= 0.6 is 0 Å². The van der Waals surface area contributed by atoms with Gasteiger partial charge in [-0.05, 0) is 110 Å². The first-order valence-electron chi connectivity index (χ1n) is 22.2. The average molecular weight is 856 g/mol. The number of anilines is 3. The molecule has 3 saturated heterocycles. The fraction of sp³-hybridized carbons (Fsp3) is 0.420. The molecule has 0 saturated carbocycles. The van der Waals surface area contributed by atoms with Gasteiger partial charge in [-0.1, -0.05) is 93.6 Å². The van der Waals surface area contributed by atoms with Crippen LogP contribution in [0.15, 0.2) is 109 Å². The van der Waals surface area contributed by atoms with Gasteiger partial charge in [0, 0.05) is 43.2 Å². The van der Waals surface area contributed by atoms with Crippen LogP contribution in [0, 0.1) is 5.41 Å². The van der Waals surface area contributed by atoms with Gasteiger partial charge in [0.25, 0.3) is 0 Å². The molecule has 3 heterocycles. The summed E-state index contributed by atoms with van der Waals surface area (Å²) in [6.07, 6.45) is 4.07. The lowest BCUT2D eigenvalue weighted by atomic mass is 9.85. The van der Waals surface area contributed by atoms with Crippen LogP contribution in [-0.4, -0.2) is 95.8 Å². The van der Waals surface area contributed by atoms with Crippen LogP contribution in [0.5, 0.6) is 0 Å². The van der Waals surface area contributed by atoms with E-state index in [0.29, 0.717) is 56.8 Å². The number of carbonyl (C=O) groups is 5. The molecule has 0 spiro atoms. The van der Waals surface area contributed by atoms with E-state index in [4.69, 9.17) is 4.74 Å². The maximum atomic E-state index is 14.2. The van der Waals surface area contributed by atoms with Crippen LogP contribution in [0.4, 0.5) is 21.9 Å². The Balaban J connectivity index is 0.970. The summed E-state index contributed by atoms with van der Waals surface area (Å²) in [4.78, 5) is 75.2. The highest BCUT2D eigenvalue weighted by Gasteiger charge is 2.43. The molecule has 3 aliphatic rings. The lowest BCUT2D eigenvalue weighted by molar-refractivity contribution is -0.141. The van der Waals surface area contributed by atoms with Crippen molar-refractivity contribution in [3.63, 3.8) is 0 Å². The molecule has 4 aromatic carbocycles. The number of ether oxygens (including phenoxy) is 1. The van der Waals surface area contributed by atoms with Crippen molar-refractivity contribution in [3.05, 3.63) is 126 Å². The minimum atomic E-state index is -0.853. The molecule has 0 aliphatic carbocycles. The lowest BCUT2D eigenvalue weighted by Crippen LogP contribution is -2.57. The maximum absolute atomic E-state index is 14.2. The topological polar surface area (TPSA) is 144 Å². The summed E-state index contributed by atoms with van der Waals surface area (Å²) < 4.78 is 4.77. The van der Waals surface area contributed by atoms with Crippen LogP contribution < -0.4 is 20.9 Å². The van der Waals surface area contributed by atoms with Gasteiger partial charge in [0.05, 0.1) is 7.11 Å². The van der Waals surface area contributed by atoms with E-state index in [1.54, 1.807) is 9.80 Å². The Kier molecular flexibility index (Phi) is 14.5. The zero-order valence-electron chi connectivity index (χ0n) is 36.9. The second-order valence-corrected chi connectivity index (χ2v) is 17.9. The van der Waals surface area contributed by atoms with E-state index in [2.05, 4.69) is 37.9 Å². The number of carbonyl (C=O) groups excluding carboxylic acids is 5. The summed E-state index contributed by atoms with van der Waals surface area (Å²) in [6, 6.07) is 33.3. The number of likely N-dealkylation sites (tertiary alicyclic amines) is 3. The number of nitrogens with one attached hydrogen (secondary N) is 3. The van der Waals surface area contributed by atoms with Gasteiger partial charge < -0.3 is 35.4 Å². The number of alkyl carbamates (subject to hydrolysis) is 1. The number of nitrogens with zero attached hydrogens (tertiary/aromatic N) is 4. The Morgan fingerprint density at radius 1 is 0.635 bits per heavy atom. The molecule has 5 amide bonds.